The molecule has 0 saturated heterocycles. The number of aromatic nitrogens is 3. The van der Waals surface area contributed by atoms with E-state index in [-0.39, 0.29) is 88.3 Å². The van der Waals surface area contributed by atoms with Crippen molar-refractivity contribution in [1.29, 1.82) is 10.8 Å². The van der Waals surface area contributed by atoms with Crippen molar-refractivity contribution in [3.63, 3.8) is 0 Å². The molecule has 27 N–H and O–H groups in total. The number of imidazole rings is 1. The van der Waals surface area contributed by atoms with Crippen LogP contribution in [0.1, 0.15) is 94.0 Å². The topological polar surface area (TPSA) is 606 Å². The lowest BCUT2D eigenvalue weighted by Crippen LogP contribution is -2.60. The summed E-state index contributed by atoms with van der Waals surface area (Å²) in [4.78, 5) is 177. The minimum Gasteiger partial charge on any atom is -0.508 e. The van der Waals surface area contributed by atoms with Crippen LogP contribution in [0.4, 0.5) is 0 Å². The van der Waals surface area contributed by atoms with Crippen molar-refractivity contribution in [3.05, 3.63) is 120 Å². The molecule has 0 aliphatic carbocycles. The van der Waals surface area contributed by atoms with Gasteiger partial charge in [-0.3, -0.25) is 63.6 Å². The highest BCUT2D eigenvalue weighted by Gasteiger charge is 2.37. The van der Waals surface area contributed by atoms with Crippen LogP contribution in [-0.2, 0) is 83.2 Å². The Morgan fingerprint density at radius 3 is 1.61 bits per heavy atom. The fourth-order valence-corrected chi connectivity index (χ4v) is 11.5. The number of carbonyl (C=O) groups excluding carboxylic acids is 10. The molecule has 0 bridgehead atoms. The Hall–Kier alpha value is -11.3. The van der Waals surface area contributed by atoms with E-state index in [0.717, 1.165) is 0 Å². The van der Waals surface area contributed by atoms with E-state index in [2.05, 4.69) is 78.8 Å². The van der Waals surface area contributed by atoms with Crippen LogP contribution in [0.2, 0.25) is 0 Å². The maximum Gasteiger partial charge on any atom is 0.326 e. The number of hydrogen-bond acceptors (Lipinski definition) is 19. The summed E-state index contributed by atoms with van der Waals surface area (Å²) in [5.41, 5.74) is 25.1. The van der Waals surface area contributed by atoms with Gasteiger partial charge in [0.25, 0.3) is 0 Å². The molecule has 0 saturated carbocycles. The number of nitrogens with two attached hydrogens (primary N) is 4. The summed E-state index contributed by atoms with van der Waals surface area (Å²) in [6.07, 6.45) is 5.43. The van der Waals surface area contributed by atoms with Gasteiger partial charge < -0.3 is 112 Å². The number of carboxylic acid groups (broad SMARTS) is 2. The van der Waals surface area contributed by atoms with E-state index in [0.29, 0.717) is 59.2 Å². The lowest BCUT2D eigenvalue weighted by Gasteiger charge is -2.28. The molecule has 0 unspecified atom stereocenters. The maximum atomic E-state index is 15.0. The number of fused-ring (bicyclic) bond motifs is 1. The predicted octanol–water partition coefficient (Wildman–Crippen LogP) is -2.70. The van der Waals surface area contributed by atoms with Gasteiger partial charge in [-0.1, -0.05) is 80.9 Å². The molecule has 0 aliphatic rings. The van der Waals surface area contributed by atoms with E-state index in [1.165, 1.54) is 36.4 Å². The second-order valence-electron chi connectivity index (χ2n) is 25.5. The zero-order chi connectivity index (χ0) is 77.8. The standard InChI is InChI=1S/C69H99N21O15S/c1-38(2)57(90-65(102)51(30-40-20-22-43(91)23-21-40)86-58(95)45(71)16-9-10-25-70)66(103)84-48(24-28-106-3)59(96)80-36-55(92)82-53(32-42-35-76-37-81-42)63(100)87-50(29-39-13-5-4-6-14-39)61(98)83-47(18-11-26-77-68(72)73)60(97)88-52(31-41-34-79-46-17-8-7-15-44(41)46)62(99)89-54(33-56(93)94)64(101)85-49(67(104)105)19-12-27-78-69(74)75/h4-8,13-15,17,20-23,34-35,37-38,45,47-54,57,79,91H,9-12,16,18-19,24-33,36,70-71H2,1-3H3,(H,76,81)(H,80,96)(H,82,92)(H,83,98)(H,84,103)(H,85,101)(H,86,95)(H,87,100)(H,88,97)(H,89,99)(H,90,102)(H,93,94)(H,104,105)(H4,72,73,77)(H4,74,75,78)/t45-,47-,48-,49-,50-,51-,52-,53-,54-,57-/m0/s1. The van der Waals surface area contributed by atoms with E-state index >= 15 is 0 Å². The third-order valence-corrected chi connectivity index (χ3v) is 17.4. The van der Waals surface area contributed by atoms with Crippen molar-refractivity contribution in [2.75, 3.05) is 38.2 Å². The molecule has 37 heteroatoms. The summed E-state index contributed by atoms with van der Waals surface area (Å²) in [5.74, 6) is -13.2. The number of aromatic hydroxyl groups is 1. The molecule has 2 aromatic heterocycles. The first kappa shape index (κ1) is 85.3. The number of nitrogens with zero attached hydrogens (tertiary/aromatic N) is 1. The Labute approximate surface area is 615 Å². The SMILES string of the molecule is CSCC[C@H](NC(=O)[C@@H](NC(=O)[C@H](Cc1ccc(O)cc1)NC(=O)[C@@H](N)CCCCN)C(C)C)C(=O)NCC(=O)N[C@@H](Cc1c[nH]cn1)C(=O)N[C@@H](Cc1ccccc1)C(=O)N[C@@H](CCCNC(=N)N)C(=O)N[C@@H](Cc1c[nH]c2ccccc12)C(=O)N[C@@H](CC(=O)O)C(=O)N[C@@H](CCCNC(=N)N)C(=O)O. The highest BCUT2D eigenvalue weighted by atomic mass is 32.2. The number of carbonyl (C=O) groups is 12. The fourth-order valence-electron chi connectivity index (χ4n) is 11.0. The average molecular weight is 1490 g/mol. The molecule has 0 spiro atoms. The third-order valence-electron chi connectivity index (χ3n) is 16.7. The summed E-state index contributed by atoms with van der Waals surface area (Å²) in [5, 5.41) is 76.5. The zero-order valence-electron chi connectivity index (χ0n) is 59.2. The number of H-pyrrole nitrogens is 2. The van der Waals surface area contributed by atoms with Crippen LogP contribution in [0.25, 0.3) is 10.9 Å². The number of aromatic amines is 2. The van der Waals surface area contributed by atoms with Crippen molar-refractivity contribution in [3.8, 4) is 5.75 Å². The monoisotopic (exact) mass is 1490 g/mol. The van der Waals surface area contributed by atoms with Crippen LogP contribution in [0.15, 0.2) is 97.6 Å². The van der Waals surface area contributed by atoms with E-state index < -0.39 is 156 Å². The number of phenolic OH excluding ortho intramolecular Hbond substituents is 1. The van der Waals surface area contributed by atoms with Gasteiger partial charge >= 0.3 is 11.9 Å². The van der Waals surface area contributed by atoms with Gasteiger partial charge in [-0.05, 0) is 104 Å². The molecule has 2 heterocycles. The minimum atomic E-state index is -1.91. The van der Waals surface area contributed by atoms with Crippen molar-refractivity contribution in [2.45, 2.75) is 158 Å². The molecule has 0 aliphatic heterocycles. The van der Waals surface area contributed by atoms with Crippen molar-refractivity contribution >= 4 is 106 Å². The lowest BCUT2D eigenvalue weighted by molar-refractivity contribution is -0.144. The summed E-state index contributed by atoms with van der Waals surface area (Å²) in [6.45, 7) is 3.01. The molecule has 576 valence electrons. The number of rotatable bonds is 47. The number of phenols is 1. The molecule has 0 fully saturated rings. The molecule has 3 aromatic carbocycles. The molecule has 106 heavy (non-hydrogen) atoms. The van der Waals surface area contributed by atoms with Gasteiger partial charge in [0, 0.05) is 62.1 Å². The van der Waals surface area contributed by atoms with E-state index in [1.807, 2.05) is 0 Å². The number of benzene rings is 3. The summed E-state index contributed by atoms with van der Waals surface area (Å²) in [7, 11) is 0. The first-order valence-corrected chi connectivity index (χ1v) is 35.8. The van der Waals surface area contributed by atoms with Crippen LogP contribution in [0.3, 0.4) is 0 Å². The number of guanidine groups is 2. The number of para-hydroxylation sites is 1. The van der Waals surface area contributed by atoms with Crippen LogP contribution >= 0.6 is 11.8 Å². The Kier molecular flexibility index (Phi) is 35.7. The summed E-state index contributed by atoms with van der Waals surface area (Å²) >= 11 is 1.36. The first-order valence-electron chi connectivity index (χ1n) is 34.4. The van der Waals surface area contributed by atoms with Crippen molar-refractivity contribution in [2.24, 2.45) is 28.9 Å². The van der Waals surface area contributed by atoms with Crippen LogP contribution in [0, 0.1) is 16.7 Å². The molecular formula is C69H99N21O15S. The summed E-state index contributed by atoms with van der Waals surface area (Å²) < 4.78 is 0. The Morgan fingerprint density at radius 2 is 1.04 bits per heavy atom. The van der Waals surface area contributed by atoms with Gasteiger partial charge in [-0.25, -0.2) is 9.78 Å². The highest BCUT2D eigenvalue weighted by molar-refractivity contribution is 7.98. The van der Waals surface area contributed by atoms with E-state index in [4.69, 9.17) is 33.8 Å². The number of unbranched alkanes of at least 4 members (excludes halogenated alkanes) is 1. The Morgan fingerprint density at radius 1 is 0.528 bits per heavy atom. The lowest BCUT2D eigenvalue weighted by atomic mass is 10.00. The van der Waals surface area contributed by atoms with Gasteiger partial charge in [0.1, 0.15) is 60.1 Å². The van der Waals surface area contributed by atoms with Crippen LogP contribution < -0.4 is 86.7 Å². The van der Waals surface area contributed by atoms with Crippen LogP contribution in [-0.4, -0.2) is 212 Å². The van der Waals surface area contributed by atoms with Gasteiger partial charge in [-0.2, -0.15) is 11.8 Å². The Bertz CT molecular complexity index is 3770. The van der Waals surface area contributed by atoms with Gasteiger partial charge in [0.2, 0.25) is 59.1 Å². The number of aliphatic carboxylic acids is 2. The molecule has 0 radical (unpaired) electrons. The highest BCUT2D eigenvalue weighted by Crippen LogP contribution is 2.21. The number of amides is 10. The number of carboxylic acids is 2. The molecule has 5 aromatic rings. The van der Waals surface area contributed by atoms with Gasteiger partial charge in [-0.15, -0.1) is 0 Å². The molecule has 10 amide bonds. The normalized spacial score (nSPS) is 13.9. The van der Waals surface area contributed by atoms with Crippen molar-refractivity contribution < 1.29 is 72.9 Å². The third kappa shape index (κ3) is 29.8. The first-order chi connectivity index (χ1) is 50.5. The molecular weight excluding hydrogens is 1390 g/mol. The number of nitrogens with one attached hydrogen (secondary N) is 16. The smallest absolute Gasteiger partial charge is 0.326 e. The van der Waals surface area contributed by atoms with Gasteiger partial charge in [0.05, 0.1) is 31.0 Å². The number of thioether (sulfide) groups is 1. The molecule has 10 atom stereocenters. The quantitative estimate of drug-likeness (QED) is 0.0107. The summed E-state index contributed by atoms with van der Waals surface area (Å²) in [6, 6.07) is 6.73. The Balaban J connectivity index is 1.38. The molecule has 5 rings (SSSR count). The predicted molar refractivity (Wildman–Crippen MR) is 394 cm³/mol. The second-order valence-corrected chi connectivity index (χ2v) is 26.4. The maximum absolute atomic E-state index is 15.0. The van der Waals surface area contributed by atoms with Gasteiger partial charge in [0.15, 0.2) is 11.9 Å². The fraction of sp³-hybridized carbons (Fsp3) is 0.464. The van der Waals surface area contributed by atoms with Crippen LogP contribution in [0.5, 0.6) is 5.75 Å². The average Bonchev–Trinajstić information content (AvgIpc) is 1.59. The van der Waals surface area contributed by atoms with E-state index in [9.17, 15) is 72.9 Å². The van der Waals surface area contributed by atoms with Crippen molar-refractivity contribution in [1.82, 2.24) is 78.8 Å². The molecule has 36 nitrogen and oxygen atoms in total. The zero-order valence-corrected chi connectivity index (χ0v) is 60.0. The number of hydrogen-bond donors (Lipinski definition) is 23. The van der Waals surface area contributed by atoms with E-state index in [1.54, 1.807) is 93.0 Å². The minimum absolute atomic E-state index is 0.00302. The largest absolute Gasteiger partial charge is 0.508 e. The second kappa shape index (κ2) is 44.3.